The predicted molar refractivity (Wildman–Crippen MR) is 81.3 cm³/mol. The minimum atomic E-state index is -3.48. The summed E-state index contributed by atoms with van der Waals surface area (Å²) in [5.74, 6) is 0.956. The quantitative estimate of drug-likeness (QED) is 0.917. The van der Waals surface area contributed by atoms with Gasteiger partial charge >= 0.3 is 10.2 Å². The molecule has 1 aromatic rings. The van der Waals surface area contributed by atoms with Gasteiger partial charge in [0.2, 0.25) is 0 Å². The van der Waals surface area contributed by atoms with Crippen LogP contribution in [0.2, 0.25) is 0 Å². The molecule has 0 atom stereocenters. The zero-order valence-electron chi connectivity index (χ0n) is 12.3. The van der Waals surface area contributed by atoms with Gasteiger partial charge in [-0.3, -0.25) is 4.72 Å². The molecule has 1 aliphatic rings. The van der Waals surface area contributed by atoms with E-state index < -0.39 is 10.2 Å². The van der Waals surface area contributed by atoms with Gasteiger partial charge in [0, 0.05) is 27.2 Å². The Morgan fingerprint density at radius 2 is 1.90 bits per heavy atom. The topological polar surface area (TPSA) is 65.5 Å². The van der Waals surface area contributed by atoms with Crippen molar-refractivity contribution in [2.24, 2.45) is 0 Å². The normalized spacial score (nSPS) is 16.5. The molecule has 6 nitrogen and oxygen atoms in total. The number of nitrogens with zero attached hydrogens (tertiary/aromatic N) is 3. The maximum absolute atomic E-state index is 11.8. The van der Waals surface area contributed by atoms with E-state index in [1.54, 1.807) is 6.20 Å². The van der Waals surface area contributed by atoms with Gasteiger partial charge in [0.25, 0.3) is 0 Å². The van der Waals surface area contributed by atoms with Gasteiger partial charge in [0.05, 0.1) is 11.9 Å². The first-order valence-corrected chi connectivity index (χ1v) is 8.26. The number of rotatable bonds is 4. The Morgan fingerprint density at radius 3 is 2.45 bits per heavy atom. The molecule has 0 bridgehead atoms. The summed E-state index contributed by atoms with van der Waals surface area (Å²) in [6.45, 7) is 4.01. The average Bonchev–Trinajstić information content (AvgIpc) is 2.39. The van der Waals surface area contributed by atoms with E-state index in [-0.39, 0.29) is 0 Å². The minimum absolute atomic E-state index is 0.497. The van der Waals surface area contributed by atoms with Gasteiger partial charge < -0.3 is 4.90 Å². The molecule has 1 fully saturated rings. The van der Waals surface area contributed by atoms with Gasteiger partial charge in [-0.15, -0.1) is 0 Å². The van der Waals surface area contributed by atoms with E-state index >= 15 is 0 Å². The van der Waals surface area contributed by atoms with Gasteiger partial charge in [0.1, 0.15) is 5.82 Å². The van der Waals surface area contributed by atoms with E-state index in [2.05, 4.69) is 14.6 Å². The van der Waals surface area contributed by atoms with E-state index in [1.807, 2.05) is 13.0 Å². The van der Waals surface area contributed by atoms with Crippen molar-refractivity contribution in [2.45, 2.75) is 26.2 Å². The Bertz CT molecular complexity index is 566. The highest BCUT2D eigenvalue weighted by atomic mass is 32.2. The number of aromatic nitrogens is 1. The molecule has 2 heterocycles. The maximum atomic E-state index is 11.8. The molecule has 0 spiro atoms. The van der Waals surface area contributed by atoms with Crippen molar-refractivity contribution in [1.82, 2.24) is 9.29 Å². The van der Waals surface area contributed by atoms with E-state index in [0.29, 0.717) is 5.69 Å². The maximum Gasteiger partial charge on any atom is 0.301 e. The molecule has 112 valence electrons. The number of hydrogen-bond acceptors (Lipinski definition) is 4. The average molecular weight is 298 g/mol. The van der Waals surface area contributed by atoms with Gasteiger partial charge in [-0.25, -0.2) is 4.98 Å². The fourth-order valence-electron chi connectivity index (χ4n) is 2.30. The van der Waals surface area contributed by atoms with Crippen molar-refractivity contribution in [2.75, 3.05) is 36.8 Å². The summed E-state index contributed by atoms with van der Waals surface area (Å²) in [7, 11) is -0.494. The van der Waals surface area contributed by atoms with Crippen LogP contribution < -0.4 is 9.62 Å². The summed E-state index contributed by atoms with van der Waals surface area (Å²) >= 11 is 0. The molecule has 1 N–H and O–H groups in total. The molecule has 0 aliphatic carbocycles. The lowest BCUT2D eigenvalue weighted by molar-refractivity contribution is 0.527. The van der Waals surface area contributed by atoms with Crippen LogP contribution in [0.15, 0.2) is 12.3 Å². The Kier molecular flexibility index (Phi) is 4.49. The second kappa shape index (κ2) is 5.97. The Hall–Kier alpha value is -1.34. The number of aryl methyl sites for hydroxylation is 1. The number of hydrogen-bond donors (Lipinski definition) is 1. The van der Waals surface area contributed by atoms with Gasteiger partial charge in [-0.05, 0) is 37.8 Å². The van der Waals surface area contributed by atoms with Crippen LogP contribution in [0.3, 0.4) is 0 Å². The SMILES string of the molecule is Cc1cc(NS(=O)(=O)N(C)C)cnc1N1CCCCC1. The van der Waals surface area contributed by atoms with E-state index in [9.17, 15) is 8.42 Å². The smallest absolute Gasteiger partial charge is 0.301 e. The summed E-state index contributed by atoms with van der Waals surface area (Å²) in [4.78, 5) is 6.69. The van der Waals surface area contributed by atoms with Crippen LogP contribution in [0.5, 0.6) is 0 Å². The first-order valence-electron chi connectivity index (χ1n) is 6.82. The second-order valence-electron chi connectivity index (χ2n) is 5.30. The number of anilines is 2. The van der Waals surface area contributed by atoms with Crippen LogP contribution >= 0.6 is 0 Å². The summed E-state index contributed by atoms with van der Waals surface area (Å²) in [6.07, 6.45) is 5.24. The van der Waals surface area contributed by atoms with Crippen LogP contribution in [-0.2, 0) is 10.2 Å². The van der Waals surface area contributed by atoms with Crippen molar-refractivity contribution < 1.29 is 8.42 Å². The van der Waals surface area contributed by atoms with Gasteiger partial charge in [-0.2, -0.15) is 12.7 Å². The highest BCUT2D eigenvalue weighted by Crippen LogP contribution is 2.24. The van der Waals surface area contributed by atoms with Crippen molar-refractivity contribution in [3.63, 3.8) is 0 Å². The van der Waals surface area contributed by atoms with Gasteiger partial charge in [-0.1, -0.05) is 0 Å². The first-order chi connectivity index (χ1) is 9.40. The predicted octanol–water partition coefficient (Wildman–Crippen LogP) is 1.60. The van der Waals surface area contributed by atoms with Crippen LogP contribution in [-0.4, -0.2) is 44.9 Å². The Balaban J connectivity index is 2.17. The molecular weight excluding hydrogens is 276 g/mol. The van der Waals surface area contributed by atoms with Crippen LogP contribution in [0.4, 0.5) is 11.5 Å². The van der Waals surface area contributed by atoms with E-state index in [4.69, 9.17) is 0 Å². The highest BCUT2D eigenvalue weighted by molar-refractivity contribution is 7.90. The number of piperidine rings is 1. The zero-order valence-corrected chi connectivity index (χ0v) is 13.1. The molecule has 1 aliphatic heterocycles. The fourth-order valence-corrected chi connectivity index (χ4v) is 2.89. The van der Waals surface area contributed by atoms with Crippen LogP contribution in [0.25, 0.3) is 0 Å². The largest absolute Gasteiger partial charge is 0.356 e. The highest BCUT2D eigenvalue weighted by Gasteiger charge is 2.17. The molecule has 0 amide bonds. The standard InChI is InChI=1S/C13H22N4O2S/c1-11-9-12(15-20(18,19)16(2)3)10-14-13(11)17-7-5-4-6-8-17/h9-10,15H,4-8H2,1-3H3. The van der Waals surface area contributed by atoms with E-state index in [0.717, 1.165) is 28.8 Å². The molecule has 20 heavy (non-hydrogen) atoms. The molecular formula is C13H22N4O2S. The lowest BCUT2D eigenvalue weighted by Gasteiger charge is -2.29. The van der Waals surface area contributed by atoms with Crippen LogP contribution in [0, 0.1) is 6.92 Å². The molecule has 0 aromatic carbocycles. The Morgan fingerprint density at radius 1 is 1.25 bits per heavy atom. The van der Waals surface area contributed by atoms with Crippen molar-refractivity contribution >= 4 is 21.7 Å². The Labute approximate surface area is 121 Å². The van der Waals surface area contributed by atoms with Crippen molar-refractivity contribution in [3.8, 4) is 0 Å². The fraction of sp³-hybridized carbons (Fsp3) is 0.615. The summed E-state index contributed by atoms with van der Waals surface area (Å²) in [5, 5.41) is 0. The molecule has 7 heteroatoms. The molecule has 2 rings (SSSR count). The first kappa shape index (κ1) is 15.1. The molecule has 1 saturated heterocycles. The molecule has 0 saturated carbocycles. The van der Waals surface area contributed by atoms with Crippen molar-refractivity contribution in [1.29, 1.82) is 0 Å². The third kappa shape index (κ3) is 3.40. The lowest BCUT2D eigenvalue weighted by atomic mass is 10.1. The monoisotopic (exact) mass is 298 g/mol. The molecule has 1 aromatic heterocycles. The second-order valence-corrected chi connectivity index (χ2v) is 7.19. The van der Waals surface area contributed by atoms with Crippen molar-refractivity contribution in [3.05, 3.63) is 17.8 Å². The molecule has 0 unspecified atom stereocenters. The van der Waals surface area contributed by atoms with E-state index in [1.165, 1.54) is 33.4 Å². The zero-order chi connectivity index (χ0) is 14.8. The summed E-state index contributed by atoms with van der Waals surface area (Å²) < 4.78 is 27.2. The number of pyridine rings is 1. The minimum Gasteiger partial charge on any atom is -0.356 e. The van der Waals surface area contributed by atoms with Crippen LogP contribution in [0.1, 0.15) is 24.8 Å². The third-order valence-corrected chi connectivity index (χ3v) is 4.89. The van der Waals surface area contributed by atoms with Gasteiger partial charge in [0.15, 0.2) is 0 Å². The number of nitrogens with one attached hydrogen (secondary N) is 1. The third-order valence-electron chi connectivity index (χ3n) is 3.43. The summed E-state index contributed by atoms with van der Waals surface area (Å²) in [5.41, 5.74) is 1.49. The lowest BCUT2D eigenvalue weighted by Crippen LogP contribution is -2.31. The summed E-state index contributed by atoms with van der Waals surface area (Å²) in [6, 6.07) is 1.83. The molecule has 0 radical (unpaired) electrons.